The van der Waals surface area contributed by atoms with Gasteiger partial charge in [-0.1, -0.05) is 0 Å². The summed E-state index contributed by atoms with van der Waals surface area (Å²) < 4.78 is 0. The Morgan fingerprint density at radius 1 is 1.16 bits per heavy atom. The van der Waals surface area contributed by atoms with Crippen LogP contribution in [0.2, 0.25) is 0 Å². The summed E-state index contributed by atoms with van der Waals surface area (Å²) in [5, 5.41) is 23.2. The molecule has 0 spiro atoms. The van der Waals surface area contributed by atoms with Gasteiger partial charge in [0.25, 0.3) is 5.91 Å². The Balaban J connectivity index is 2.68. The van der Waals surface area contributed by atoms with Crippen LogP contribution in [0.15, 0.2) is 24.3 Å². The number of nitrogens with one attached hydrogen (secondary N) is 1. The predicted molar refractivity (Wildman–Crippen MR) is 61.4 cm³/mol. The zero-order valence-corrected chi connectivity index (χ0v) is 9.92. The number of benzene rings is 1. The molecule has 7 nitrogen and oxygen atoms in total. The largest absolute Gasteiger partial charge is 0.550 e. The fourth-order valence-corrected chi connectivity index (χ4v) is 1.39. The van der Waals surface area contributed by atoms with E-state index in [9.17, 15) is 24.6 Å². The Hall–Kier alpha value is -2.57. The Bertz CT molecular complexity index is 483. The van der Waals surface area contributed by atoms with E-state index in [0.717, 1.165) is 0 Å². The van der Waals surface area contributed by atoms with Gasteiger partial charge in [-0.05, 0) is 37.1 Å². The minimum Gasteiger partial charge on any atom is -0.550 e. The summed E-state index contributed by atoms with van der Waals surface area (Å²) in [5.74, 6) is -3.59. The molecular weight excluding hydrogens is 252 g/mol. The van der Waals surface area contributed by atoms with Crippen LogP contribution in [0.5, 0.6) is 0 Å². The highest BCUT2D eigenvalue weighted by molar-refractivity contribution is 5.96. The number of anilines is 1. The molecule has 1 amide bonds. The van der Waals surface area contributed by atoms with Crippen LogP contribution in [0, 0.1) is 0 Å². The lowest BCUT2D eigenvalue weighted by atomic mass is 10.1. The number of hydrogen-bond donors (Lipinski definition) is 2. The van der Waals surface area contributed by atoms with Crippen LogP contribution in [-0.2, 0) is 9.59 Å². The van der Waals surface area contributed by atoms with Crippen molar-refractivity contribution in [3.8, 4) is 0 Å². The summed E-state index contributed by atoms with van der Waals surface area (Å²) >= 11 is 0. The minimum absolute atomic E-state index is 0.217. The Kier molecular flexibility index (Phi) is 4.87. The van der Waals surface area contributed by atoms with Crippen molar-refractivity contribution in [2.24, 2.45) is 0 Å². The third-order valence-corrected chi connectivity index (χ3v) is 2.40. The van der Waals surface area contributed by atoms with Gasteiger partial charge in [-0.15, -0.1) is 0 Å². The lowest BCUT2D eigenvalue weighted by Crippen LogP contribution is -2.48. The topological polar surface area (TPSA) is 135 Å². The van der Waals surface area contributed by atoms with Gasteiger partial charge in [0.1, 0.15) is 0 Å². The fourth-order valence-electron chi connectivity index (χ4n) is 1.39. The highest BCUT2D eigenvalue weighted by atomic mass is 16.4. The van der Waals surface area contributed by atoms with Crippen LogP contribution in [0.3, 0.4) is 0 Å². The molecule has 3 N–H and O–H groups in total. The number of hydrogen-bond acceptors (Lipinski definition) is 6. The predicted octanol–water partition coefficient (Wildman–Crippen LogP) is -2.35. The number of amides is 1. The molecule has 0 aliphatic heterocycles. The van der Waals surface area contributed by atoms with E-state index in [1.165, 1.54) is 24.3 Å². The normalized spacial score (nSPS) is 11.6. The number of nitrogen functional groups attached to an aromatic ring is 1. The van der Waals surface area contributed by atoms with Crippen LogP contribution in [0.25, 0.3) is 0 Å². The van der Waals surface area contributed by atoms with Gasteiger partial charge in [0.15, 0.2) is 0 Å². The highest BCUT2D eigenvalue weighted by Crippen LogP contribution is 2.06. The summed E-state index contributed by atoms with van der Waals surface area (Å²) in [6.45, 7) is 0. The molecule has 0 saturated heterocycles. The fraction of sp³-hybridized carbons (Fsp3) is 0.250. The molecule has 0 aliphatic carbocycles. The van der Waals surface area contributed by atoms with E-state index >= 15 is 0 Å². The molecule has 0 heterocycles. The molecule has 0 radical (unpaired) electrons. The second-order valence-corrected chi connectivity index (χ2v) is 3.88. The van der Waals surface area contributed by atoms with Crippen molar-refractivity contribution in [3.63, 3.8) is 0 Å². The summed E-state index contributed by atoms with van der Waals surface area (Å²) in [5.41, 5.74) is 6.13. The summed E-state index contributed by atoms with van der Waals surface area (Å²) in [6.07, 6.45) is -0.786. The van der Waals surface area contributed by atoms with Gasteiger partial charge in [0, 0.05) is 17.2 Å². The average molecular weight is 264 g/mol. The lowest BCUT2D eigenvalue weighted by Gasteiger charge is -2.19. The second kappa shape index (κ2) is 6.39. The SMILES string of the molecule is Nc1ccc(C(=O)N[C@@H](CCC(=O)[O-])C(=O)[O-])cc1. The van der Waals surface area contributed by atoms with Crippen molar-refractivity contribution < 1.29 is 24.6 Å². The molecular formula is C12H12N2O5-2. The van der Waals surface area contributed by atoms with Gasteiger partial charge < -0.3 is 30.9 Å². The summed E-state index contributed by atoms with van der Waals surface area (Å²) in [7, 11) is 0. The van der Waals surface area contributed by atoms with Crippen molar-refractivity contribution in [1.82, 2.24) is 5.32 Å². The van der Waals surface area contributed by atoms with E-state index in [2.05, 4.69) is 5.32 Å². The molecule has 1 aromatic rings. The van der Waals surface area contributed by atoms with Crippen LogP contribution >= 0.6 is 0 Å². The van der Waals surface area contributed by atoms with Crippen molar-refractivity contribution in [1.29, 1.82) is 0 Å². The molecule has 0 bridgehead atoms. The first kappa shape index (κ1) is 14.5. The number of carboxylic acids is 2. The van der Waals surface area contributed by atoms with Gasteiger partial charge in [-0.25, -0.2) is 0 Å². The standard InChI is InChI=1S/C12H14N2O5/c13-8-3-1-7(2-4-8)11(17)14-9(12(18)19)5-6-10(15)16/h1-4,9H,5-6,13H2,(H,14,17)(H,15,16)(H,18,19)/p-2/t9-/m0/s1. The Labute approximate surface area is 109 Å². The first-order valence-electron chi connectivity index (χ1n) is 5.47. The molecule has 1 atom stereocenters. The van der Waals surface area contributed by atoms with Crippen LogP contribution in [0.1, 0.15) is 23.2 Å². The summed E-state index contributed by atoms with van der Waals surface area (Å²) in [6, 6.07) is 4.45. The third kappa shape index (κ3) is 4.66. The number of carbonyl (C=O) groups excluding carboxylic acids is 3. The van der Waals surface area contributed by atoms with Crippen molar-refractivity contribution in [2.45, 2.75) is 18.9 Å². The molecule has 102 valence electrons. The van der Waals surface area contributed by atoms with E-state index in [4.69, 9.17) is 5.73 Å². The molecule has 1 aromatic carbocycles. The van der Waals surface area contributed by atoms with Gasteiger partial charge in [0.05, 0.1) is 12.0 Å². The minimum atomic E-state index is -1.55. The highest BCUT2D eigenvalue weighted by Gasteiger charge is 2.14. The molecule has 1 rings (SSSR count). The number of carbonyl (C=O) groups is 3. The second-order valence-electron chi connectivity index (χ2n) is 3.88. The third-order valence-electron chi connectivity index (χ3n) is 2.40. The Morgan fingerprint density at radius 3 is 2.21 bits per heavy atom. The maximum absolute atomic E-state index is 11.7. The van der Waals surface area contributed by atoms with E-state index in [0.29, 0.717) is 5.69 Å². The molecule has 19 heavy (non-hydrogen) atoms. The molecule has 0 fully saturated rings. The van der Waals surface area contributed by atoms with Crippen molar-refractivity contribution in [2.75, 3.05) is 5.73 Å². The van der Waals surface area contributed by atoms with Gasteiger partial charge >= 0.3 is 0 Å². The number of nitrogens with two attached hydrogens (primary N) is 1. The monoisotopic (exact) mass is 264 g/mol. The van der Waals surface area contributed by atoms with E-state index in [1.807, 2.05) is 0 Å². The molecule has 7 heteroatoms. The molecule has 0 aromatic heterocycles. The van der Waals surface area contributed by atoms with E-state index in [-0.39, 0.29) is 12.0 Å². The van der Waals surface area contributed by atoms with Gasteiger partial charge in [0.2, 0.25) is 0 Å². The number of carboxylic acid groups (broad SMARTS) is 2. The van der Waals surface area contributed by atoms with E-state index in [1.54, 1.807) is 0 Å². The Morgan fingerprint density at radius 2 is 1.74 bits per heavy atom. The van der Waals surface area contributed by atoms with Crippen LogP contribution in [0.4, 0.5) is 5.69 Å². The first-order chi connectivity index (χ1) is 8.90. The lowest BCUT2D eigenvalue weighted by molar-refractivity contribution is -0.309. The maximum Gasteiger partial charge on any atom is 0.251 e. The van der Waals surface area contributed by atoms with Gasteiger partial charge in [-0.3, -0.25) is 4.79 Å². The van der Waals surface area contributed by atoms with Crippen molar-refractivity contribution in [3.05, 3.63) is 29.8 Å². The average Bonchev–Trinajstić information content (AvgIpc) is 2.34. The first-order valence-corrected chi connectivity index (χ1v) is 5.47. The number of rotatable bonds is 6. The van der Waals surface area contributed by atoms with Gasteiger partial charge in [-0.2, -0.15) is 0 Å². The molecule has 0 saturated carbocycles. The molecule has 0 unspecified atom stereocenters. The zero-order chi connectivity index (χ0) is 14.4. The smallest absolute Gasteiger partial charge is 0.251 e. The van der Waals surface area contributed by atoms with Crippen LogP contribution < -0.4 is 21.3 Å². The summed E-state index contributed by atoms with van der Waals surface area (Å²) in [4.78, 5) is 32.8. The zero-order valence-electron chi connectivity index (χ0n) is 9.92. The van der Waals surface area contributed by atoms with Crippen LogP contribution in [-0.4, -0.2) is 23.9 Å². The van der Waals surface area contributed by atoms with E-state index < -0.39 is 30.3 Å². The van der Waals surface area contributed by atoms with Crippen molar-refractivity contribution >= 4 is 23.5 Å². The number of aliphatic carboxylic acids is 2. The maximum atomic E-state index is 11.7. The molecule has 0 aliphatic rings. The quantitative estimate of drug-likeness (QED) is 0.552.